The van der Waals surface area contributed by atoms with Crippen LogP contribution in [0.25, 0.3) is 0 Å². The summed E-state index contributed by atoms with van der Waals surface area (Å²) in [5, 5.41) is 0. The van der Waals surface area contributed by atoms with Crippen molar-refractivity contribution in [2.75, 3.05) is 18.0 Å². The smallest absolute Gasteiger partial charge is 0.414 e. The predicted octanol–water partition coefficient (Wildman–Crippen LogP) is 4.07. The van der Waals surface area contributed by atoms with Crippen LogP contribution in [0.3, 0.4) is 0 Å². The lowest BCUT2D eigenvalue weighted by Crippen LogP contribution is -2.50. The number of amides is 1. The first-order valence-corrected chi connectivity index (χ1v) is 11.4. The van der Waals surface area contributed by atoms with E-state index in [0.717, 1.165) is 16.8 Å². The fourth-order valence-corrected chi connectivity index (χ4v) is 6.28. The van der Waals surface area contributed by atoms with Gasteiger partial charge in [-0.05, 0) is 53.9 Å². The minimum atomic E-state index is -3.57. The number of rotatable bonds is 3. The van der Waals surface area contributed by atoms with Gasteiger partial charge in [-0.3, -0.25) is 4.90 Å². The summed E-state index contributed by atoms with van der Waals surface area (Å²) < 4.78 is 33.4. The molecule has 0 aliphatic carbocycles. The monoisotopic (exact) mass is 464 g/mol. The van der Waals surface area contributed by atoms with Crippen molar-refractivity contribution < 1.29 is 17.9 Å². The summed E-state index contributed by atoms with van der Waals surface area (Å²) in [7, 11) is -3.57. The molecule has 0 saturated carbocycles. The van der Waals surface area contributed by atoms with Gasteiger partial charge in [0.2, 0.25) is 10.0 Å². The van der Waals surface area contributed by atoms with Crippen LogP contribution in [0.2, 0.25) is 0 Å². The third kappa shape index (κ3) is 3.44. The van der Waals surface area contributed by atoms with E-state index in [-0.39, 0.29) is 23.6 Å². The number of hydrogen-bond donors (Lipinski definition) is 0. The molecule has 0 unspecified atom stereocenters. The third-order valence-corrected chi connectivity index (χ3v) is 8.20. The van der Waals surface area contributed by atoms with Crippen LogP contribution in [-0.2, 0) is 21.4 Å². The Balaban J connectivity index is 1.54. The number of carbonyl (C=O) groups excluding carboxylic acids is 1. The van der Waals surface area contributed by atoms with Crippen molar-refractivity contribution in [3.05, 3.63) is 58.1 Å². The summed E-state index contributed by atoms with van der Waals surface area (Å²) in [5.74, 6) is 0. The molecule has 2 aromatic carbocycles. The number of fused-ring (bicyclic) bond motifs is 1. The van der Waals surface area contributed by atoms with Crippen molar-refractivity contribution in [2.45, 2.75) is 37.3 Å². The normalized spacial score (nSPS) is 18.6. The highest BCUT2D eigenvalue weighted by atomic mass is 79.9. The Labute approximate surface area is 173 Å². The highest BCUT2D eigenvalue weighted by molar-refractivity contribution is 9.10. The number of ether oxygens (including phenoxy) is 1. The van der Waals surface area contributed by atoms with Gasteiger partial charge in [0.25, 0.3) is 0 Å². The maximum atomic E-state index is 13.0. The van der Waals surface area contributed by atoms with E-state index in [4.69, 9.17) is 4.74 Å². The Kier molecular flexibility index (Phi) is 5.20. The molecule has 2 aromatic rings. The second kappa shape index (κ2) is 7.50. The van der Waals surface area contributed by atoms with Crippen LogP contribution in [0, 0.1) is 6.92 Å². The Bertz CT molecular complexity index is 1020. The zero-order valence-electron chi connectivity index (χ0n) is 15.5. The van der Waals surface area contributed by atoms with Crippen LogP contribution in [0.5, 0.6) is 0 Å². The second-order valence-corrected chi connectivity index (χ2v) is 9.88. The largest absolute Gasteiger partial charge is 0.444 e. The summed E-state index contributed by atoms with van der Waals surface area (Å²) >= 11 is 3.33. The van der Waals surface area contributed by atoms with Gasteiger partial charge >= 0.3 is 6.09 Å². The number of halogens is 1. The number of sulfonamides is 1. The molecule has 2 heterocycles. The lowest BCUT2D eigenvalue weighted by molar-refractivity contribution is 0.135. The van der Waals surface area contributed by atoms with E-state index in [0.29, 0.717) is 30.4 Å². The van der Waals surface area contributed by atoms with E-state index < -0.39 is 10.0 Å². The highest BCUT2D eigenvalue weighted by Gasteiger charge is 2.37. The maximum Gasteiger partial charge on any atom is 0.414 e. The van der Waals surface area contributed by atoms with Gasteiger partial charge in [-0.2, -0.15) is 4.31 Å². The molecule has 1 amide bonds. The second-order valence-electron chi connectivity index (χ2n) is 7.12. The molecular weight excluding hydrogens is 444 g/mol. The molecule has 0 aromatic heterocycles. The zero-order valence-corrected chi connectivity index (χ0v) is 17.9. The van der Waals surface area contributed by atoms with Crippen molar-refractivity contribution in [1.82, 2.24) is 4.31 Å². The molecule has 8 heteroatoms. The molecule has 0 atom stereocenters. The first-order valence-electron chi connectivity index (χ1n) is 9.18. The topological polar surface area (TPSA) is 66.9 Å². The van der Waals surface area contributed by atoms with Gasteiger partial charge in [0.05, 0.1) is 10.6 Å². The van der Waals surface area contributed by atoms with E-state index >= 15 is 0 Å². The number of piperidine rings is 1. The number of anilines is 1. The van der Waals surface area contributed by atoms with Crippen molar-refractivity contribution in [3.63, 3.8) is 0 Å². The third-order valence-electron chi connectivity index (χ3n) is 5.29. The van der Waals surface area contributed by atoms with Gasteiger partial charge in [0, 0.05) is 29.2 Å². The SMILES string of the molecule is Cc1ccc2c(c1)COC(=O)N2C1CCN(S(=O)(=O)c2ccccc2Br)CC1. The number of hydrogen-bond acceptors (Lipinski definition) is 4. The molecule has 2 aliphatic rings. The molecule has 6 nitrogen and oxygen atoms in total. The Morgan fingerprint density at radius 2 is 1.82 bits per heavy atom. The molecule has 28 heavy (non-hydrogen) atoms. The van der Waals surface area contributed by atoms with Crippen LogP contribution >= 0.6 is 15.9 Å². The van der Waals surface area contributed by atoms with Gasteiger partial charge in [0.1, 0.15) is 6.61 Å². The van der Waals surface area contributed by atoms with Gasteiger partial charge in [0.15, 0.2) is 0 Å². The molecule has 0 bridgehead atoms. The number of nitrogens with zero attached hydrogens (tertiary/aromatic N) is 2. The number of carbonyl (C=O) groups is 1. The minimum Gasteiger partial charge on any atom is -0.444 e. The average molecular weight is 465 g/mol. The first-order chi connectivity index (χ1) is 13.4. The molecule has 2 aliphatic heterocycles. The Morgan fingerprint density at radius 3 is 2.54 bits per heavy atom. The Hall–Kier alpha value is -1.90. The molecular formula is C20H21BrN2O4S. The van der Waals surface area contributed by atoms with Gasteiger partial charge in [-0.15, -0.1) is 0 Å². The van der Waals surface area contributed by atoms with E-state index in [9.17, 15) is 13.2 Å². The van der Waals surface area contributed by atoms with Gasteiger partial charge in [-0.25, -0.2) is 13.2 Å². The molecule has 4 rings (SSSR count). The van der Waals surface area contributed by atoms with Crippen LogP contribution in [-0.4, -0.2) is 37.9 Å². The van der Waals surface area contributed by atoms with Gasteiger partial charge < -0.3 is 4.74 Å². The molecule has 1 fully saturated rings. The molecule has 0 spiro atoms. The lowest BCUT2D eigenvalue weighted by atomic mass is 10.0. The first kappa shape index (κ1) is 19.4. The quantitative estimate of drug-likeness (QED) is 0.686. The van der Waals surface area contributed by atoms with Crippen molar-refractivity contribution in [1.29, 1.82) is 0 Å². The predicted molar refractivity (Wildman–Crippen MR) is 110 cm³/mol. The number of cyclic esters (lactones) is 1. The van der Waals surface area contributed by atoms with E-state index in [1.54, 1.807) is 29.2 Å². The van der Waals surface area contributed by atoms with Crippen LogP contribution < -0.4 is 4.90 Å². The van der Waals surface area contributed by atoms with Crippen LogP contribution in [0.15, 0.2) is 51.8 Å². The van der Waals surface area contributed by atoms with E-state index in [1.807, 2.05) is 25.1 Å². The Morgan fingerprint density at radius 1 is 1.11 bits per heavy atom. The molecule has 148 valence electrons. The van der Waals surface area contributed by atoms with Gasteiger partial charge in [-0.1, -0.05) is 29.8 Å². The van der Waals surface area contributed by atoms with E-state index in [2.05, 4.69) is 15.9 Å². The fourth-order valence-electron chi connectivity index (χ4n) is 3.85. The van der Waals surface area contributed by atoms with Crippen LogP contribution in [0.1, 0.15) is 24.0 Å². The number of benzene rings is 2. The maximum absolute atomic E-state index is 13.0. The van der Waals surface area contributed by atoms with Crippen molar-refractivity contribution >= 4 is 37.7 Å². The minimum absolute atomic E-state index is 0.0834. The zero-order chi connectivity index (χ0) is 19.9. The molecule has 0 radical (unpaired) electrons. The number of aryl methyl sites for hydroxylation is 1. The molecule has 0 N–H and O–H groups in total. The average Bonchev–Trinajstić information content (AvgIpc) is 2.68. The summed E-state index contributed by atoms with van der Waals surface area (Å²) in [6, 6.07) is 12.7. The van der Waals surface area contributed by atoms with Crippen molar-refractivity contribution in [3.8, 4) is 0 Å². The molecule has 1 saturated heterocycles. The van der Waals surface area contributed by atoms with Crippen molar-refractivity contribution in [2.24, 2.45) is 0 Å². The summed E-state index contributed by atoms with van der Waals surface area (Å²) in [5.41, 5.74) is 2.97. The summed E-state index contributed by atoms with van der Waals surface area (Å²) in [6.45, 7) is 3.01. The highest BCUT2D eigenvalue weighted by Crippen LogP contribution is 2.34. The van der Waals surface area contributed by atoms with E-state index in [1.165, 1.54) is 4.31 Å². The standard InChI is InChI=1S/C20H21BrN2O4S/c1-14-6-7-18-15(12-14)13-27-20(24)23(18)16-8-10-22(11-9-16)28(25,26)19-5-3-2-4-17(19)21/h2-7,12,16H,8-11,13H2,1H3. The summed E-state index contributed by atoms with van der Waals surface area (Å²) in [6.07, 6.45) is 0.765. The summed E-state index contributed by atoms with van der Waals surface area (Å²) in [4.78, 5) is 14.4. The van der Waals surface area contributed by atoms with Crippen LogP contribution in [0.4, 0.5) is 10.5 Å². The fraction of sp³-hybridized carbons (Fsp3) is 0.350. The lowest BCUT2D eigenvalue weighted by Gasteiger charge is -2.39.